The lowest BCUT2D eigenvalue weighted by molar-refractivity contribution is -0.146. The number of unbranched alkanes of at least 4 members (excludes halogenated alkanes) is 2. The lowest BCUT2D eigenvalue weighted by Gasteiger charge is -2.06. The summed E-state index contributed by atoms with van der Waals surface area (Å²) in [5.74, 6) is -2.85. The lowest BCUT2D eigenvalue weighted by atomic mass is 10.0. The van der Waals surface area contributed by atoms with Crippen molar-refractivity contribution >= 4 is 24.3 Å². The van der Waals surface area contributed by atoms with E-state index < -0.39 is 17.8 Å². The van der Waals surface area contributed by atoms with Crippen molar-refractivity contribution in [1.29, 1.82) is 0 Å². The van der Waals surface area contributed by atoms with Crippen molar-refractivity contribution in [2.75, 3.05) is 0 Å². The largest absolute Gasteiger partial charge is 0.481 e. The normalized spacial score (nSPS) is 11.5. The Labute approximate surface area is 83.9 Å². The number of halogens is 1. The van der Waals surface area contributed by atoms with E-state index in [1.807, 2.05) is 6.92 Å². The molecule has 0 heterocycles. The van der Waals surface area contributed by atoms with E-state index in [0.29, 0.717) is 6.42 Å². The number of aliphatic carboxylic acids is 1. The van der Waals surface area contributed by atoms with Gasteiger partial charge in [0.15, 0.2) is 0 Å². The van der Waals surface area contributed by atoms with E-state index in [4.69, 9.17) is 10.8 Å². The third kappa shape index (κ3) is 6.40. The molecule has 13 heavy (non-hydrogen) atoms. The van der Waals surface area contributed by atoms with Crippen LogP contribution in [0.4, 0.5) is 0 Å². The number of primary amides is 1. The van der Waals surface area contributed by atoms with Gasteiger partial charge in [-0.05, 0) is 6.42 Å². The summed E-state index contributed by atoms with van der Waals surface area (Å²) in [5.41, 5.74) is 4.90. The Morgan fingerprint density at radius 3 is 2.23 bits per heavy atom. The van der Waals surface area contributed by atoms with Crippen LogP contribution in [0.1, 0.15) is 32.6 Å². The molecular formula is C8H16ClNO3. The van der Waals surface area contributed by atoms with E-state index in [1.54, 1.807) is 0 Å². The van der Waals surface area contributed by atoms with Gasteiger partial charge in [0.1, 0.15) is 5.92 Å². The van der Waals surface area contributed by atoms with Gasteiger partial charge in [0, 0.05) is 0 Å². The summed E-state index contributed by atoms with van der Waals surface area (Å²) in [6.07, 6.45) is 3.05. The van der Waals surface area contributed by atoms with Gasteiger partial charge in [0.2, 0.25) is 5.91 Å². The van der Waals surface area contributed by atoms with E-state index in [-0.39, 0.29) is 12.4 Å². The SMILES string of the molecule is CCCCCC(C(N)=O)C(=O)O.Cl. The van der Waals surface area contributed by atoms with Crippen LogP contribution in [0.15, 0.2) is 0 Å². The number of hydrogen-bond acceptors (Lipinski definition) is 2. The molecule has 0 radical (unpaired) electrons. The molecule has 0 aliphatic heterocycles. The van der Waals surface area contributed by atoms with Crippen LogP contribution in [-0.2, 0) is 9.59 Å². The van der Waals surface area contributed by atoms with Gasteiger partial charge in [-0.2, -0.15) is 0 Å². The molecular weight excluding hydrogens is 194 g/mol. The third-order valence-electron chi connectivity index (χ3n) is 1.74. The zero-order chi connectivity index (χ0) is 9.56. The minimum absolute atomic E-state index is 0. The predicted molar refractivity (Wildman–Crippen MR) is 51.7 cm³/mol. The Morgan fingerprint density at radius 2 is 1.92 bits per heavy atom. The van der Waals surface area contributed by atoms with Crippen LogP contribution < -0.4 is 5.73 Å². The monoisotopic (exact) mass is 209 g/mol. The standard InChI is InChI=1S/C8H15NO3.ClH/c1-2-3-4-5-6(7(9)10)8(11)12;/h6H,2-5H2,1H3,(H2,9,10)(H,11,12);1H. The molecule has 0 aliphatic rings. The summed E-state index contributed by atoms with van der Waals surface area (Å²) in [7, 11) is 0. The van der Waals surface area contributed by atoms with Crippen LogP contribution in [0.25, 0.3) is 0 Å². The molecule has 0 fully saturated rings. The van der Waals surface area contributed by atoms with Gasteiger partial charge in [-0.1, -0.05) is 26.2 Å². The second-order valence-electron chi connectivity index (χ2n) is 2.79. The average Bonchev–Trinajstić information content (AvgIpc) is 1.96. The number of carboxylic acid groups (broad SMARTS) is 1. The van der Waals surface area contributed by atoms with Crippen molar-refractivity contribution in [2.45, 2.75) is 32.6 Å². The summed E-state index contributed by atoms with van der Waals surface area (Å²) in [6, 6.07) is 0. The van der Waals surface area contributed by atoms with Gasteiger partial charge in [0.05, 0.1) is 0 Å². The van der Waals surface area contributed by atoms with Gasteiger partial charge in [-0.25, -0.2) is 0 Å². The number of carbonyl (C=O) groups excluding carboxylic acids is 1. The first-order valence-electron chi connectivity index (χ1n) is 4.11. The predicted octanol–water partition coefficient (Wildman–Crippen LogP) is 1.17. The molecule has 5 heteroatoms. The average molecular weight is 210 g/mol. The fraction of sp³-hybridized carbons (Fsp3) is 0.750. The van der Waals surface area contributed by atoms with E-state index in [1.165, 1.54) is 0 Å². The second kappa shape index (κ2) is 7.86. The molecule has 1 amide bonds. The highest BCUT2D eigenvalue weighted by Gasteiger charge is 2.22. The summed E-state index contributed by atoms with van der Waals surface area (Å²) < 4.78 is 0. The van der Waals surface area contributed by atoms with Crippen molar-refractivity contribution < 1.29 is 14.7 Å². The Balaban J connectivity index is 0. The first-order chi connectivity index (χ1) is 5.59. The highest BCUT2D eigenvalue weighted by Crippen LogP contribution is 2.09. The van der Waals surface area contributed by atoms with Crippen LogP contribution in [0.3, 0.4) is 0 Å². The molecule has 0 aromatic heterocycles. The fourth-order valence-electron chi connectivity index (χ4n) is 0.986. The molecule has 0 saturated carbocycles. The van der Waals surface area contributed by atoms with E-state index in [9.17, 15) is 9.59 Å². The molecule has 0 bridgehead atoms. The molecule has 0 saturated heterocycles. The van der Waals surface area contributed by atoms with E-state index in [2.05, 4.69) is 0 Å². The molecule has 0 rings (SSSR count). The van der Waals surface area contributed by atoms with Crippen LogP contribution in [0, 0.1) is 5.92 Å². The number of amides is 1. The number of nitrogens with two attached hydrogens (primary N) is 1. The second-order valence-corrected chi connectivity index (χ2v) is 2.79. The topological polar surface area (TPSA) is 80.4 Å². The maximum Gasteiger partial charge on any atom is 0.316 e. The van der Waals surface area contributed by atoms with Crippen LogP contribution >= 0.6 is 12.4 Å². The number of rotatable bonds is 6. The van der Waals surface area contributed by atoms with Crippen molar-refractivity contribution in [2.24, 2.45) is 11.7 Å². The van der Waals surface area contributed by atoms with Gasteiger partial charge in [-0.15, -0.1) is 12.4 Å². The fourth-order valence-corrected chi connectivity index (χ4v) is 0.986. The number of carbonyl (C=O) groups is 2. The quantitative estimate of drug-likeness (QED) is 0.509. The minimum atomic E-state index is -1.11. The molecule has 0 aromatic carbocycles. The summed E-state index contributed by atoms with van der Waals surface area (Å²) in [5, 5.41) is 8.54. The zero-order valence-corrected chi connectivity index (χ0v) is 8.47. The summed E-state index contributed by atoms with van der Waals surface area (Å²) in [6.45, 7) is 2.01. The maximum absolute atomic E-state index is 10.6. The van der Waals surface area contributed by atoms with Gasteiger partial charge < -0.3 is 10.8 Å². The molecule has 1 unspecified atom stereocenters. The van der Waals surface area contributed by atoms with Crippen molar-refractivity contribution in [3.05, 3.63) is 0 Å². The van der Waals surface area contributed by atoms with Crippen LogP contribution in [0.5, 0.6) is 0 Å². The Morgan fingerprint density at radius 1 is 1.38 bits per heavy atom. The van der Waals surface area contributed by atoms with Crippen LogP contribution in [-0.4, -0.2) is 17.0 Å². The van der Waals surface area contributed by atoms with Gasteiger partial charge in [0.25, 0.3) is 0 Å². The maximum atomic E-state index is 10.6. The van der Waals surface area contributed by atoms with E-state index >= 15 is 0 Å². The molecule has 78 valence electrons. The number of carboxylic acids is 1. The Kier molecular flexibility index (Phi) is 8.91. The van der Waals surface area contributed by atoms with Gasteiger partial charge in [-0.3, -0.25) is 9.59 Å². The Hall–Kier alpha value is -0.770. The summed E-state index contributed by atoms with van der Waals surface area (Å²) in [4.78, 5) is 21.0. The molecule has 0 aromatic rings. The Bertz CT molecular complexity index is 159. The minimum Gasteiger partial charge on any atom is -0.481 e. The molecule has 0 aliphatic carbocycles. The molecule has 3 N–H and O–H groups in total. The van der Waals surface area contributed by atoms with Crippen LogP contribution in [0.2, 0.25) is 0 Å². The molecule has 4 nitrogen and oxygen atoms in total. The summed E-state index contributed by atoms with van der Waals surface area (Å²) >= 11 is 0. The number of hydrogen-bond donors (Lipinski definition) is 2. The van der Waals surface area contributed by atoms with E-state index in [0.717, 1.165) is 19.3 Å². The first kappa shape index (κ1) is 14.7. The lowest BCUT2D eigenvalue weighted by Crippen LogP contribution is -2.29. The van der Waals surface area contributed by atoms with Gasteiger partial charge >= 0.3 is 5.97 Å². The van der Waals surface area contributed by atoms with Crippen molar-refractivity contribution in [3.8, 4) is 0 Å². The first-order valence-corrected chi connectivity index (χ1v) is 4.11. The third-order valence-corrected chi connectivity index (χ3v) is 1.74. The molecule has 1 atom stereocenters. The van der Waals surface area contributed by atoms with Crippen molar-refractivity contribution in [3.63, 3.8) is 0 Å². The molecule has 0 spiro atoms. The van der Waals surface area contributed by atoms with Crippen molar-refractivity contribution in [1.82, 2.24) is 0 Å². The zero-order valence-electron chi connectivity index (χ0n) is 7.66. The smallest absolute Gasteiger partial charge is 0.316 e. The highest BCUT2D eigenvalue weighted by molar-refractivity contribution is 5.95. The highest BCUT2D eigenvalue weighted by atomic mass is 35.5.